The molecule has 84 valence electrons. The predicted molar refractivity (Wildman–Crippen MR) is 55.7 cm³/mol. The number of hydrogen-bond acceptors (Lipinski definition) is 5. The quantitative estimate of drug-likeness (QED) is 0.684. The van der Waals surface area contributed by atoms with Gasteiger partial charge < -0.3 is 16.2 Å². The van der Waals surface area contributed by atoms with Crippen LogP contribution < -0.4 is 11.1 Å². The fraction of sp³-hybridized carbons (Fsp3) is 0.556. The van der Waals surface area contributed by atoms with Gasteiger partial charge in [0.15, 0.2) is 11.6 Å². The zero-order valence-corrected chi connectivity index (χ0v) is 8.74. The summed E-state index contributed by atoms with van der Waals surface area (Å²) in [4.78, 5) is 7.22. The number of nitrogen functional groups attached to an aromatic ring is 1. The third kappa shape index (κ3) is 3.02. The van der Waals surface area contributed by atoms with Crippen LogP contribution in [0, 0.1) is 11.7 Å². The molecule has 1 heterocycles. The maximum atomic E-state index is 13.2. The number of nitrogens with one attached hydrogen (secondary N) is 1. The smallest absolute Gasteiger partial charge is 0.222 e. The van der Waals surface area contributed by atoms with Crippen molar-refractivity contribution in [1.29, 1.82) is 0 Å². The van der Waals surface area contributed by atoms with Crippen LogP contribution in [0.25, 0.3) is 0 Å². The Morgan fingerprint density at radius 1 is 1.60 bits per heavy atom. The third-order valence-corrected chi connectivity index (χ3v) is 2.09. The molecule has 0 spiro atoms. The topological polar surface area (TPSA) is 84.1 Å². The van der Waals surface area contributed by atoms with E-state index in [-0.39, 0.29) is 30.3 Å². The SMILES string of the molecule is CC(C)[C@@H](CO)Nc1nc(N)ncc1F. The number of halogens is 1. The van der Waals surface area contributed by atoms with Gasteiger partial charge in [0.1, 0.15) is 0 Å². The summed E-state index contributed by atoms with van der Waals surface area (Å²) in [5.41, 5.74) is 5.33. The van der Waals surface area contributed by atoms with E-state index in [0.29, 0.717) is 0 Å². The summed E-state index contributed by atoms with van der Waals surface area (Å²) in [6.07, 6.45) is 0.999. The van der Waals surface area contributed by atoms with Crippen LogP contribution in [0.15, 0.2) is 6.20 Å². The van der Waals surface area contributed by atoms with Crippen LogP contribution in [0.5, 0.6) is 0 Å². The van der Waals surface area contributed by atoms with Crippen molar-refractivity contribution in [2.75, 3.05) is 17.7 Å². The summed E-state index contributed by atoms with van der Waals surface area (Å²) >= 11 is 0. The minimum atomic E-state index is -0.580. The summed E-state index contributed by atoms with van der Waals surface area (Å²) in [6, 6.07) is -0.256. The predicted octanol–water partition coefficient (Wildman–Crippen LogP) is 0.627. The Balaban J connectivity index is 2.82. The molecular weight excluding hydrogens is 199 g/mol. The molecule has 1 aromatic rings. The lowest BCUT2D eigenvalue weighted by molar-refractivity contribution is 0.248. The van der Waals surface area contributed by atoms with Gasteiger partial charge in [-0.2, -0.15) is 4.98 Å². The number of aromatic nitrogens is 2. The van der Waals surface area contributed by atoms with Gasteiger partial charge in [-0.1, -0.05) is 13.8 Å². The summed E-state index contributed by atoms with van der Waals surface area (Å²) in [5.74, 6) is -0.400. The Morgan fingerprint density at radius 2 is 2.27 bits per heavy atom. The van der Waals surface area contributed by atoms with Gasteiger partial charge in [0.2, 0.25) is 5.95 Å². The fourth-order valence-electron chi connectivity index (χ4n) is 1.08. The molecule has 6 heteroatoms. The number of nitrogens with zero attached hydrogens (tertiary/aromatic N) is 2. The first-order valence-corrected chi connectivity index (χ1v) is 4.70. The van der Waals surface area contributed by atoms with Crippen molar-refractivity contribution in [3.8, 4) is 0 Å². The lowest BCUT2D eigenvalue weighted by Crippen LogP contribution is -2.30. The first kappa shape index (κ1) is 11.6. The summed E-state index contributed by atoms with van der Waals surface area (Å²) in [7, 11) is 0. The molecule has 0 unspecified atom stereocenters. The van der Waals surface area contributed by atoms with Crippen molar-refractivity contribution >= 4 is 11.8 Å². The molecule has 1 rings (SSSR count). The van der Waals surface area contributed by atoms with Crippen molar-refractivity contribution in [1.82, 2.24) is 9.97 Å². The number of aliphatic hydroxyl groups excluding tert-OH is 1. The highest BCUT2D eigenvalue weighted by molar-refractivity contribution is 5.40. The molecule has 4 N–H and O–H groups in total. The molecule has 0 aliphatic rings. The molecule has 0 aliphatic carbocycles. The van der Waals surface area contributed by atoms with E-state index in [1.54, 1.807) is 0 Å². The highest BCUT2D eigenvalue weighted by Gasteiger charge is 2.15. The first-order chi connectivity index (χ1) is 7.04. The fourth-order valence-corrected chi connectivity index (χ4v) is 1.08. The molecule has 15 heavy (non-hydrogen) atoms. The maximum absolute atomic E-state index is 13.2. The van der Waals surface area contributed by atoms with Crippen LogP contribution in [0.1, 0.15) is 13.8 Å². The zero-order valence-electron chi connectivity index (χ0n) is 8.74. The summed E-state index contributed by atoms with van der Waals surface area (Å²) in [5, 5.41) is 11.8. The molecule has 0 saturated carbocycles. The van der Waals surface area contributed by atoms with Crippen LogP contribution in [-0.2, 0) is 0 Å². The highest BCUT2D eigenvalue weighted by Crippen LogP contribution is 2.14. The van der Waals surface area contributed by atoms with E-state index in [1.807, 2.05) is 13.8 Å². The Hall–Kier alpha value is -1.43. The van der Waals surface area contributed by atoms with E-state index in [2.05, 4.69) is 15.3 Å². The summed E-state index contributed by atoms with van der Waals surface area (Å²) < 4.78 is 13.2. The molecule has 0 bridgehead atoms. The maximum Gasteiger partial charge on any atom is 0.222 e. The van der Waals surface area contributed by atoms with E-state index in [4.69, 9.17) is 10.8 Å². The first-order valence-electron chi connectivity index (χ1n) is 4.70. The van der Waals surface area contributed by atoms with Gasteiger partial charge in [-0.25, -0.2) is 9.37 Å². The second-order valence-electron chi connectivity index (χ2n) is 3.60. The Kier molecular flexibility index (Phi) is 3.79. The molecule has 0 aliphatic heterocycles. The number of nitrogens with two attached hydrogens (primary N) is 1. The van der Waals surface area contributed by atoms with Gasteiger partial charge >= 0.3 is 0 Å². The van der Waals surface area contributed by atoms with Crippen LogP contribution in [0.2, 0.25) is 0 Å². The Bertz CT molecular complexity index is 332. The molecule has 1 aromatic heterocycles. The van der Waals surface area contributed by atoms with Gasteiger partial charge in [-0.3, -0.25) is 0 Å². The standard InChI is InChI=1S/C9H15FN4O/c1-5(2)7(4-15)13-8-6(10)3-12-9(11)14-8/h3,5,7,15H,4H2,1-2H3,(H3,11,12,13,14)/t7-/m1/s1. The second-order valence-corrected chi connectivity index (χ2v) is 3.60. The number of anilines is 2. The normalized spacial score (nSPS) is 12.9. The van der Waals surface area contributed by atoms with Gasteiger partial charge in [0, 0.05) is 0 Å². The second kappa shape index (κ2) is 4.88. The highest BCUT2D eigenvalue weighted by atomic mass is 19.1. The largest absolute Gasteiger partial charge is 0.394 e. The zero-order chi connectivity index (χ0) is 11.4. The Labute approximate surface area is 87.5 Å². The average Bonchev–Trinajstić information content (AvgIpc) is 2.18. The number of rotatable bonds is 4. The van der Waals surface area contributed by atoms with Gasteiger partial charge in [0.05, 0.1) is 18.8 Å². The lowest BCUT2D eigenvalue weighted by atomic mass is 10.1. The molecule has 0 radical (unpaired) electrons. The van der Waals surface area contributed by atoms with Crippen LogP contribution in [0.3, 0.4) is 0 Å². The number of aliphatic hydroxyl groups is 1. The number of hydrogen-bond donors (Lipinski definition) is 3. The minimum Gasteiger partial charge on any atom is -0.394 e. The third-order valence-electron chi connectivity index (χ3n) is 2.09. The molecule has 1 atom stereocenters. The molecule has 0 fully saturated rings. The molecular formula is C9H15FN4O. The van der Waals surface area contributed by atoms with E-state index >= 15 is 0 Å². The van der Waals surface area contributed by atoms with E-state index in [1.165, 1.54) is 0 Å². The Morgan fingerprint density at radius 3 is 2.80 bits per heavy atom. The van der Waals surface area contributed by atoms with Crippen molar-refractivity contribution in [3.05, 3.63) is 12.0 Å². The van der Waals surface area contributed by atoms with Crippen LogP contribution in [-0.4, -0.2) is 27.7 Å². The molecule has 0 amide bonds. The van der Waals surface area contributed by atoms with Gasteiger partial charge in [-0.05, 0) is 5.92 Å². The van der Waals surface area contributed by atoms with Crippen LogP contribution in [0.4, 0.5) is 16.2 Å². The van der Waals surface area contributed by atoms with Crippen molar-refractivity contribution in [3.63, 3.8) is 0 Å². The minimum absolute atomic E-state index is 0.000606. The van der Waals surface area contributed by atoms with E-state index in [0.717, 1.165) is 6.20 Å². The van der Waals surface area contributed by atoms with E-state index < -0.39 is 5.82 Å². The monoisotopic (exact) mass is 214 g/mol. The average molecular weight is 214 g/mol. The van der Waals surface area contributed by atoms with Gasteiger partial charge in [-0.15, -0.1) is 0 Å². The van der Waals surface area contributed by atoms with Gasteiger partial charge in [0.25, 0.3) is 0 Å². The van der Waals surface area contributed by atoms with Crippen molar-refractivity contribution in [2.24, 2.45) is 5.92 Å². The van der Waals surface area contributed by atoms with Crippen molar-refractivity contribution in [2.45, 2.75) is 19.9 Å². The lowest BCUT2D eigenvalue weighted by Gasteiger charge is -2.20. The van der Waals surface area contributed by atoms with E-state index in [9.17, 15) is 4.39 Å². The summed E-state index contributed by atoms with van der Waals surface area (Å²) in [6.45, 7) is 3.73. The molecule has 0 aromatic carbocycles. The van der Waals surface area contributed by atoms with Crippen LogP contribution >= 0.6 is 0 Å². The van der Waals surface area contributed by atoms with Crippen molar-refractivity contribution < 1.29 is 9.50 Å². The molecule has 5 nitrogen and oxygen atoms in total. The molecule has 0 saturated heterocycles.